The number of nitrogens with one attached hydrogen (secondary N) is 1. The zero-order valence-electron chi connectivity index (χ0n) is 14.1. The molecule has 0 spiro atoms. The standard InChI is InChI=1S/C17H22N2O4S/c1-4-17(5-2)15(21)19(16(22)18-17)10-14(20)23-11-12-6-8-13(24-3)9-7-12/h6-9H,4-5,10-11H2,1-3H3,(H,18,22). The fraction of sp³-hybridized carbons (Fsp3) is 0.471. The molecule has 1 fully saturated rings. The van der Waals surface area contributed by atoms with E-state index in [2.05, 4.69) is 5.32 Å². The predicted molar refractivity (Wildman–Crippen MR) is 91.6 cm³/mol. The van der Waals surface area contributed by atoms with Crippen molar-refractivity contribution in [2.75, 3.05) is 12.8 Å². The minimum absolute atomic E-state index is 0.115. The van der Waals surface area contributed by atoms with Gasteiger partial charge in [0.2, 0.25) is 0 Å². The molecule has 0 unspecified atom stereocenters. The first kappa shape index (κ1) is 18.3. The van der Waals surface area contributed by atoms with Crippen molar-refractivity contribution in [1.29, 1.82) is 0 Å². The fourth-order valence-electron chi connectivity index (χ4n) is 2.61. The lowest BCUT2D eigenvalue weighted by Crippen LogP contribution is -2.46. The summed E-state index contributed by atoms with van der Waals surface area (Å²) in [6, 6.07) is 7.12. The Balaban J connectivity index is 1.92. The fourth-order valence-corrected chi connectivity index (χ4v) is 3.02. The number of esters is 1. The molecule has 24 heavy (non-hydrogen) atoms. The first-order valence-corrected chi connectivity index (χ1v) is 9.11. The van der Waals surface area contributed by atoms with E-state index in [0.29, 0.717) is 12.8 Å². The number of imide groups is 1. The number of amides is 3. The lowest BCUT2D eigenvalue weighted by molar-refractivity contribution is -0.148. The molecule has 0 aromatic heterocycles. The summed E-state index contributed by atoms with van der Waals surface area (Å²) in [5.74, 6) is -0.964. The molecular formula is C17H22N2O4S. The largest absolute Gasteiger partial charge is 0.459 e. The molecule has 0 radical (unpaired) electrons. The highest BCUT2D eigenvalue weighted by Crippen LogP contribution is 2.24. The van der Waals surface area contributed by atoms with Gasteiger partial charge in [-0.15, -0.1) is 11.8 Å². The van der Waals surface area contributed by atoms with Crippen LogP contribution < -0.4 is 5.32 Å². The highest BCUT2D eigenvalue weighted by atomic mass is 32.2. The van der Waals surface area contributed by atoms with E-state index >= 15 is 0 Å². The van der Waals surface area contributed by atoms with E-state index in [1.165, 1.54) is 0 Å². The van der Waals surface area contributed by atoms with Crippen molar-refractivity contribution < 1.29 is 19.1 Å². The number of urea groups is 1. The summed E-state index contributed by atoms with van der Waals surface area (Å²) in [7, 11) is 0. The van der Waals surface area contributed by atoms with Gasteiger partial charge in [0, 0.05) is 4.90 Å². The molecule has 1 saturated heterocycles. The van der Waals surface area contributed by atoms with E-state index in [1.807, 2.05) is 44.4 Å². The Hall–Kier alpha value is -2.02. The van der Waals surface area contributed by atoms with Crippen LogP contribution in [0.1, 0.15) is 32.3 Å². The zero-order chi connectivity index (χ0) is 17.7. The molecule has 1 aliphatic heterocycles. The second-order valence-electron chi connectivity index (χ2n) is 5.62. The van der Waals surface area contributed by atoms with Gasteiger partial charge in [-0.05, 0) is 36.8 Å². The minimum atomic E-state index is -0.898. The summed E-state index contributed by atoms with van der Waals surface area (Å²) in [5, 5.41) is 2.69. The number of thioether (sulfide) groups is 1. The van der Waals surface area contributed by atoms with Crippen LogP contribution in [0.4, 0.5) is 4.79 Å². The molecule has 1 aromatic rings. The summed E-state index contributed by atoms with van der Waals surface area (Å²) in [6.07, 6.45) is 2.96. The maximum Gasteiger partial charge on any atom is 0.326 e. The monoisotopic (exact) mass is 350 g/mol. The molecule has 130 valence electrons. The van der Waals surface area contributed by atoms with Crippen molar-refractivity contribution in [2.24, 2.45) is 0 Å². The van der Waals surface area contributed by atoms with Crippen LogP contribution >= 0.6 is 11.8 Å². The smallest absolute Gasteiger partial charge is 0.326 e. The molecule has 0 bridgehead atoms. The number of hydrogen-bond donors (Lipinski definition) is 1. The third-order valence-electron chi connectivity index (χ3n) is 4.30. The number of nitrogens with zero attached hydrogens (tertiary/aromatic N) is 1. The quantitative estimate of drug-likeness (QED) is 0.465. The molecule has 0 atom stereocenters. The second-order valence-corrected chi connectivity index (χ2v) is 6.50. The Labute approximate surface area is 145 Å². The Morgan fingerprint density at radius 1 is 1.21 bits per heavy atom. The topological polar surface area (TPSA) is 75.7 Å². The number of hydrogen-bond acceptors (Lipinski definition) is 5. The van der Waals surface area contributed by atoms with Crippen molar-refractivity contribution in [3.05, 3.63) is 29.8 Å². The number of benzene rings is 1. The Kier molecular flexibility index (Phi) is 5.88. The van der Waals surface area contributed by atoms with E-state index in [0.717, 1.165) is 15.4 Å². The third kappa shape index (κ3) is 3.72. The SMILES string of the molecule is CCC1(CC)NC(=O)N(CC(=O)OCc2ccc(SC)cc2)C1=O. The van der Waals surface area contributed by atoms with Crippen LogP contribution in [0.2, 0.25) is 0 Å². The maximum atomic E-state index is 12.4. The van der Waals surface area contributed by atoms with Crippen LogP contribution in [0.3, 0.4) is 0 Å². The van der Waals surface area contributed by atoms with Crippen LogP contribution in [0.25, 0.3) is 0 Å². The van der Waals surface area contributed by atoms with Gasteiger partial charge in [0.05, 0.1) is 0 Å². The predicted octanol–water partition coefficient (Wildman–Crippen LogP) is 2.56. The average molecular weight is 350 g/mol. The van der Waals surface area contributed by atoms with Gasteiger partial charge in [0.25, 0.3) is 5.91 Å². The first-order chi connectivity index (χ1) is 11.5. The van der Waals surface area contributed by atoms with Gasteiger partial charge in [-0.25, -0.2) is 4.79 Å². The number of carbonyl (C=O) groups is 3. The van der Waals surface area contributed by atoms with Crippen LogP contribution in [-0.4, -0.2) is 41.1 Å². The van der Waals surface area contributed by atoms with E-state index in [4.69, 9.17) is 4.74 Å². The molecular weight excluding hydrogens is 328 g/mol. The molecule has 7 heteroatoms. The molecule has 1 N–H and O–H groups in total. The van der Waals surface area contributed by atoms with Gasteiger partial charge in [-0.1, -0.05) is 26.0 Å². The molecule has 1 aliphatic rings. The number of rotatable bonds is 7. The highest BCUT2D eigenvalue weighted by Gasteiger charge is 2.49. The number of carbonyl (C=O) groups excluding carboxylic acids is 3. The average Bonchev–Trinajstić information content (AvgIpc) is 2.85. The van der Waals surface area contributed by atoms with Gasteiger partial charge in [0.15, 0.2) is 0 Å². The van der Waals surface area contributed by atoms with Crippen molar-refractivity contribution in [3.8, 4) is 0 Å². The summed E-state index contributed by atoms with van der Waals surface area (Å²) in [4.78, 5) is 38.4. The van der Waals surface area contributed by atoms with Crippen LogP contribution in [0.5, 0.6) is 0 Å². The van der Waals surface area contributed by atoms with E-state index in [-0.39, 0.29) is 19.1 Å². The minimum Gasteiger partial charge on any atom is -0.459 e. The summed E-state index contributed by atoms with van der Waals surface area (Å²) in [6.45, 7) is 3.42. The van der Waals surface area contributed by atoms with E-state index in [1.54, 1.807) is 11.8 Å². The van der Waals surface area contributed by atoms with Crippen molar-refractivity contribution >= 4 is 29.7 Å². The molecule has 0 saturated carbocycles. The zero-order valence-corrected chi connectivity index (χ0v) is 14.9. The van der Waals surface area contributed by atoms with Crippen molar-refractivity contribution in [2.45, 2.75) is 43.7 Å². The van der Waals surface area contributed by atoms with Crippen molar-refractivity contribution in [1.82, 2.24) is 10.2 Å². The summed E-state index contributed by atoms with van der Waals surface area (Å²) in [5.41, 5.74) is -0.0415. The van der Waals surface area contributed by atoms with Crippen LogP contribution in [0.15, 0.2) is 29.2 Å². The second kappa shape index (κ2) is 7.70. The van der Waals surface area contributed by atoms with Crippen molar-refractivity contribution in [3.63, 3.8) is 0 Å². The van der Waals surface area contributed by atoms with E-state index in [9.17, 15) is 14.4 Å². The van der Waals surface area contributed by atoms with Crippen LogP contribution in [0, 0.1) is 0 Å². The molecule has 0 aliphatic carbocycles. The molecule has 1 heterocycles. The Morgan fingerprint density at radius 3 is 2.33 bits per heavy atom. The maximum absolute atomic E-state index is 12.4. The molecule has 1 aromatic carbocycles. The highest BCUT2D eigenvalue weighted by molar-refractivity contribution is 7.98. The van der Waals surface area contributed by atoms with Gasteiger partial charge < -0.3 is 10.1 Å². The van der Waals surface area contributed by atoms with Gasteiger partial charge in [-0.3, -0.25) is 14.5 Å². The molecule has 3 amide bonds. The normalized spacial score (nSPS) is 16.2. The van der Waals surface area contributed by atoms with Gasteiger partial charge in [0.1, 0.15) is 18.7 Å². The van der Waals surface area contributed by atoms with E-state index < -0.39 is 17.5 Å². The molecule has 2 rings (SSSR count). The van der Waals surface area contributed by atoms with Crippen LogP contribution in [-0.2, 0) is 20.9 Å². The lowest BCUT2D eigenvalue weighted by atomic mass is 9.93. The Morgan fingerprint density at radius 2 is 1.83 bits per heavy atom. The Bertz CT molecular complexity index is 626. The summed E-state index contributed by atoms with van der Waals surface area (Å²) >= 11 is 1.63. The van der Waals surface area contributed by atoms with Gasteiger partial charge >= 0.3 is 12.0 Å². The lowest BCUT2D eigenvalue weighted by Gasteiger charge is -2.22. The molecule has 6 nitrogen and oxygen atoms in total. The summed E-state index contributed by atoms with van der Waals surface area (Å²) < 4.78 is 5.18. The third-order valence-corrected chi connectivity index (χ3v) is 5.04. The van der Waals surface area contributed by atoms with Gasteiger partial charge in [-0.2, -0.15) is 0 Å². The first-order valence-electron chi connectivity index (χ1n) is 7.88. The number of ether oxygens (including phenoxy) is 1.